The number of aromatic nitrogens is 1. The highest BCUT2D eigenvalue weighted by molar-refractivity contribution is 6.37. The first-order valence-electron chi connectivity index (χ1n) is 9.54. The van der Waals surface area contributed by atoms with E-state index >= 15 is 0 Å². The highest BCUT2D eigenvalue weighted by Gasteiger charge is 2.16. The number of hydrogen-bond acceptors (Lipinski definition) is 3. The molecule has 0 aliphatic heterocycles. The molecular weight excluding hydrogens is 392 g/mol. The molecular formula is C22H23ClN2O4. The van der Waals surface area contributed by atoms with Crippen LogP contribution in [0.4, 0.5) is 5.69 Å². The number of phenolic OH excluding ortho intramolecular Hbond substituents is 1. The van der Waals surface area contributed by atoms with Gasteiger partial charge >= 0.3 is 5.97 Å². The van der Waals surface area contributed by atoms with Gasteiger partial charge in [-0.2, -0.15) is 0 Å². The molecule has 29 heavy (non-hydrogen) atoms. The number of carboxylic acids is 1. The van der Waals surface area contributed by atoms with Gasteiger partial charge in [-0.15, -0.1) is 0 Å². The molecule has 0 radical (unpaired) electrons. The molecule has 6 nitrogen and oxygen atoms in total. The van der Waals surface area contributed by atoms with Crippen LogP contribution in [0.2, 0.25) is 5.02 Å². The number of H-pyrrole nitrogens is 1. The predicted octanol–water partition coefficient (Wildman–Crippen LogP) is 5.14. The second-order valence-corrected chi connectivity index (χ2v) is 7.37. The summed E-state index contributed by atoms with van der Waals surface area (Å²) in [6, 6.07) is 10.6. The Kier molecular flexibility index (Phi) is 6.44. The summed E-state index contributed by atoms with van der Waals surface area (Å²) >= 11 is 6.11. The maximum atomic E-state index is 12.4. The third-order valence-corrected chi connectivity index (χ3v) is 5.20. The third kappa shape index (κ3) is 4.90. The minimum atomic E-state index is -1.10. The molecule has 0 unspecified atom stereocenters. The number of carboxylic acid groups (broad SMARTS) is 1. The van der Waals surface area contributed by atoms with Gasteiger partial charge in [-0.25, -0.2) is 4.79 Å². The summed E-state index contributed by atoms with van der Waals surface area (Å²) in [6.45, 7) is 2.06. The van der Waals surface area contributed by atoms with Crippen molar-refractivity contribution in [1.29, 1.82) is 0 Å². The number of aromatic hydroxyl groups is 1. The van der Waals surface area contributed by atoms with Crippen molar-refractivity contribution in [2.24, 2.45) is 0 Å². The molecule has 152 valence electrons. The third-order valence-electron chi connectivity index (χ3n) is 4.80. The zero-order valence-corrected chi connectivity index (χ0v) is 16.8. The lowest BCUT2D eigenvalue weighted by Gasteiger charge is -2.07. The smallest absolute Gasteiger partial charge is 0.354 e. The number of hydrogen-bond donors (Lipinski definition) is 4. The first-order valence-corrected chi connectivity index (χ1v) is 9.92. The Morgan fingerprint density at radius 3 is 2.66 bits per heavy atom. The van der Waals surface area contributed by atoms with Gasteiger partial charge in [-0.05, 0) is 42.3 Å². The summed E-state index contributed by atoms with van der Waals surface area (Å²) in [5, 5.41) is 23.7. The van der Waals surface area contributed by atoms with E-state index in [1.54, 1.807) is 12.1 Å². The number of benzene rings is 2. The van der Waals surface area contributed by atoms with E-state index in [-0.39, 0.29) is 23.8 Å². The van der Waals surface area contributed by atoms with E-state index in [0.29, 0.717) is 17.1 Å². The number of carbonyl (C=O) groups is 2. The molecule has 2 aromatic carbocycles. The van der Waals surface area contributed by atoms with Gasteiger partial charge in [0, 0.05) is 17.5 Å². The average Bonchev–Trinajstić information content (AvgIpc) is 3.10. The second-order valence-electron chi connectivity index (χ2n) is 6.99. The summed E-state index contributed by atoms with van der Waals surface area (Å²) in [4.78, 5) is 26.7. The summed E-state index contributed by atoms with van der Waals surface area (Å²) in [7, 11) is 0. The largest absolute Gasteiger partial charge is 0.506 e. The topological polar surface area (TPSA) is 102 Å². The van der Waals surface area contributed by atoms with Gasteiger partial charge in [0.2, 0.25) is 5.91 Å². The highest BCUT2D eigenvalue weighted by atomic mass is 35.5. The first kappa shape index (κ1) is 20.7. The Balaban J connectivity index is 1.67. The molecule has 7 heteroatoms. The van der Waals surface area contributed by atoms with Crippen molar-refractivity contribution in [3.63, 3.8) is 0 Å². The second kappa shape index (κ2) is 9.01. The zero-order chi connectivity index (χ0) is 21.0. The van der Waals surface area contributed by atoms with Gasteiger partial charge in [0.25, 0.3) is 0 Å². The molecule has 0 saturated heterocycles. The van der Waals surface area contributed by atoms with Crippen molar-refractivity contribution >= 4 is 39.9 Å². The molecule has 0 atom stereocenters. The lowest BCUT2D eigenvalue weighted by Crippen LogP contribution is -2.14. The number of fused-ring (bicyclic) bond motifs is 1. The summed E-state index contributed by atoms with van der Waals surface area (Å²) < 4.78 is 0. The lowest BCUT2D eigenvalue weighted by atomic mass is 10.0. The normalized spacial score (nSPS) is 11.0. The standard InChI is InChI=1S/C22H23ClN2O4/c1-2-3-4-15-12-17(21(24-15)22(28)29)25-19(27)10-6-13-5-8-16-14(11-13)7-9-18(26)20(16)23/h5,7-9,11-12,24,26H,2-4,6,10H2,1H3,(H,25,27)(H,28,29). The SMILES string of the molecule is CCCCc1cc(NC(=O)CCc2ccc3c(Cl)c(O)ccc3c2)c(C(=O)O)[nH]1. The number of amides is 1. The number of anilines is 1. The fourth-order valence-electron chi connectivity index (χ4n) is 3.24. The molecule has 1 amide bonds. The maximum Gasteiger partial charge on any atom is 0.354 e. The van der Waals surface area contributed by atoms with Gasteiger partial charge < -0.3 is 20.5 Å². The molecule has 3 aromatic rings. The van der Waals surface area contributed by atoms with Crippen LogP contribution in [0.3, 0.4) is 0 Å². The van der Waals surface area contributed by atoms with E-state index in [9.17, 15) is 19.8 Å². The minimum Gasteiger partial charge on any atom is -0.506 e. The Morgan fingerprint density at radius 2 is 1.93 bits per heavy atom. The molecule has 0 aliphatic carbocycles. The van der Waals surface area contributed by atoms with Gasteiger partial charge in [0.15, 0.2) is 0 Å². The van der Waals surface area contributed by atoms with Crippen LogP contribution in [0.15, 0.2) is 36.4 Å². The van der Waals surface area contributed by atoms with Crippen molar-refractivity contribution in [1.82, 2.24) is 4.98 Å². The summed E-state index contributed by atoms with van der Waals surface area (Å²) in [5.74, 6) is -1.32. The van der Waals surface area contributed by atoms with Gasteiger partial charge in [0.1, 0.15) is 11.4 Å². The van der Waals surface area contributed by atoms with Crippen LogP contribution in [0, 0.1) is 0 Å². The Bertz CT molecular complexity index is 1060. The molecule has 0 bridgehead atoms. The van der Waals surface area contributed by atoms with Crippen molar-refractivity contribution < 1.29 is 19.8 Å². The van der Waals surface area contributed by atoms with E-state index < -0.39 is 5.97 Å². The van der Waals surface area contributed by atoms with Gasteiger partial charge in [0.05, 0.1) is 10.7 Å². The van der Waals surface area contributed by atoms with Crippen molar-refractivity contribution in [3.8, 4) is 5.75 Å². The van der Waals surface area contributed by atoms with E-state index in [2.05, 4.69) is 17.2 Å². The lowest BCUT2D eigenvalue weighted by molar-refractivity contribution is -0.116. The zero-order valence-electron chi connectivity index (χ0n) is 16.1. The van der Waals surface area contributed by atoms with Crippen molar-refractivity contribution in [2.75, 3.05) is 5.32 Å². The van der Waals surface area contributed by atoms with E-state index in [4.69, 9.17) is 11.6 Å². The number of aromatic amines is 1. The van der Waals surface area contributed by atoms with Crippen LogP contribution < -0.4 is 5.32 Å². The minimum absolute atomic E-state index is 0.00427. The summed E-state index contributed by atoms with van der Waals surface area (Å²) in [6.07, 6.45) is 3.39. The fourth-order valence-corrected chi connectivity index (χ4v) is 3.47. The monoisotopic (exact) mass is 414 g/mol. The number of phenols is 1. The molecule has 3 rings (SSSR count). The molecule has 0 saturated carbocycles. The fraction of sp³-hybridized carbons (Fsp3) is 0.273. The molecule has 0 aliphatic rings. The Morgan fingerprint density at radius 1 is 1.14 bits per heavy atom. The molecule has 1 aromatic heterocycles. The molecule has 0 fully saturated rings. The molecule has 0 spiro atoms. The first-order chi connectivity index (χ1) is 13.9. The highest BCUT2D eigenvalue weighted by Crippen LogP contribution is 2.32. The van der Waals surface area contributed by atoms with Gasteiger partial charge in [-0.1, -0.05) is 49.2 Å². The van der Waals surface area contributed by atoms with Crippen LogP contribution in [-0.4, -0.2) is 27.1 Å². The van der Waals surface area contributed by atoms with Crippen molar-refractivity contribution in [2.45, 2.75) is 39.0 Å². The van der Waals surface area contributed by atoms with Crippen LogP contribution in [0.5, 0.6) is 5.75 Å². The predicted molar refractivity (Wildman–Crippen MR) is 114 cm³/mol. The number of unbranched alkanes of at least 4 members (excludes halogenated alkanes) is 1. The average molecular weight is 415 g/mol. The van der Waals surface area contributed by atoms with Crippen molar-refractivity contribution in [3.05, 3.63) is 58.4 Å². The van der Waals surface area contributed by atoms with E-state index in [1.165, 1.54) is 6.07 Å². The maximum absolute atomic E-state index is 12.4. The summed E-state index contributed by atoms with van der Waals surface area (Å²) in [5.41, 5.74) is 2.05. The van der Waals surface area contributed by atoms with Crippen LogP contribution in [-0.2, 0) is 17.6 Å². The van der Waals surface area contributed by atoms with E-state index in [1.807, 2.05) is 18.2 Å². The number of aromatic carboxylic acids is 1. The number of nitrogens with one attached hydrogen (secondary N) is 2. The number of carbonyl (C=O) groups excluding carboxylic acids is 1. The van der Waals surface area contributed by atoms with Gasteiger partial charge in [-0.3, -0.25) is 4.79 Å². The Labute approximate surface area is 173 Å². The number of aryl methyl sites for hydroxylation is 2. The number of rotatable bonds is 8. The van der Waals surface area contributed by atoms with Crippen LogP contribution in [0.1, 0.15) is 47.9 Å². The Hall–Kier alpha value is -2.99. The molecule has 1 heterocycles. The van der Waals surface area contributed by atoms with E-state index in [0.717, 1.165) is 41.3 Å². The van der Waals surface area contributed by atoms with Crippen LogP contribution in [0.25, 0.3) is 10.8 Å². The van der Waals surface area contributed by atoms with Crippen LogP contribution >= 0.6 is 11.6 Å². The molecule has 4 N–H and O–H groups in total. The number of halogens is 1. The quantitative estimate of drug-likeness (QED) is 0.409.